The molecular formula is C17H14ClFN2O3. The Balaban J connectivity index is 1.81. The lowest BCUT2D eigenvalue weighted by atomic mass is 10.1. The first kappa shape index (κ1) is 16.3. The highest BCUT2D eigenvalue weighted by Gasteiger charge is 2.32. The number of hydrogen-bond acceptors (Lipinski definition) is 3. The first-order valence-corrected chi connectivity index (χ1v) is 7.63. The molecule has 5 nitrogen and oxygen atoms in total. The van der Waals surface area contributed by atoms with Gasteiger partial charge in [0.15, 0.2) is 6.10 Å². The first-order chi connectivity index (χ1) is 11.5. The maximum atomic E-state index is 13.2. The van der Waals surface area contributed by atoms with Crippen molar-refractivity contribution in [1.29, 1.82) is 0 Å². The fourth-order valence-corrected chi connectivity index (χ4v) is 2.65. The number of amides is 2. The van der Waals surface area contributed by atoms with Gasteiger partial charge in [-0.05, 0) is 30.3 Å². The van der Waals surface area contributed by atoms with Gasteiger partial charge in [0.2, 0.25) is 5.91 Å². The van der Waals surface area contributed by atoms with Crippen LogP contribution in [0.2, 0.25) is 5.02 Å². The summed E-state index contributed by atoms with van der Waals surface area (Å²) >= 11 is 5.70. The summed E-state index contributed by atoms with van der Waals surface area (Å²) in [7, 11) is 0. The van der Waals surface area contributed by atoms with Gasteiger partial charge in [-0.25, -0.2) is 4.39 Å². The molecule has 2 aromatic carbocycles. The maximum Gasteiger partial charge on any atom is 0.267 e. The van der Waals surface area contributed by atoms with E-state index >= 15 is 0 Å². The zero-order valence-corrected chi connectivity index (χ0v) is 13.5. The monoisotopic (exact) mass is 348 g/mol. The Bertz CT molecular complexity index is 812. The van der Waals surface area contributed by atoms with Gasteiger partial charge in [-0.2, -0.15) is 0 Å². The molecule has 0 fully saturated rings. The molecule has 0 aromatic heterocycles. The van der Waals surface area contributed by atoms with Crippen molar-refractivity contribution >= 4 is 34.8 Å². The molecule has 0 saturated carbocycles. The molecule has 0 unspecified atom stereocenters. The van der Waals surface area contributed by atoms with Crippen LogP contribution in [0, 0.1) is 5.82 Å². The Hall–Kier alpha value is -2.60. The van der Waals surface area contributed by atoms with Gasteiger partial charge in [0.1, 0.15) is 11.6 Å². The van der Waals surface area contributed by atoms with E-state index in [4.69, 9.17) is 16.3 Å². The predicted molar refractivity (Wildman–Crippen MR) is 88.9 cm³/mol. The van der Waals surface area contributed by atoms with Crippen molar-refractivity contribution in [2.75, 3.05) is 16.8 Å². The van der Waals surface area contributed by atoms with E-state index in [0.717, 1.165) is 6.07 Å². The van der Waals surface area contributed by atoms with Crippen molar-refractivity contribution in [3.05, 3.63) is 53.3 Å². The number of para-hydroxylation sites is 2. The molecule has 1 heterocycles. The number of anilines is 2. The summed E-state index contributed by atoms with van der Waals surface area (Å²) in [4.78, 5) is 25.8. The molecule has 3 rings (SSSR count). The molecule has 0 bridgehead atoms. The number of nitrogens with zero attached hydrogens (tertiary/aromatic N) is 1. The van der Waals surface area contributed by atoms with Crippen molar-refractivity contribution in [1.82, 2.24) is 0 Å². The Morgan fingerprint density at radius 1 is 1.29 bits per heavy atom. The number of hydrogen-bond donors (Lipinski definition) is 1. The summed E-state index contributed by atoms with van der Waals surface area (Å²) in [5.41, 5.74) is 0.974. The number of benzene rings is 2. The van der Waals surface area contributed by atoms with Crippen molar-refractivity contribution < 1.29 is 18.7 Å². The van der Waals surface area contributed by atoms with Crippen molar-refractivity contribution in [2.45, 2.75) is 13.0 Å². The van der Waals surface area contributed by atoms with E-state index in [2.05, 4.69) is 5.32 Å². The third-order valence-electron chi connectivity index (χ3n) is 3.63. The zero-order chi connectivity index (χ0) is 17.3. The lowest BCUT2D eigenvalue weighted by Gasteiger charge is -2.33. The zero-order valence-electron chi connectivity index (χ0n) is 12.8. The van der Waals surface area contributed by atoms with E-state index in [1.54, 1.807) is 24.3 Å². The largest absolute Gasteiger partial charge is 0.476 e. The summed E-state index contributed by atoms with van der Waals surface area (Å²) in [5.74, 6) is -0.747. The standard InChI is InChI=1S/C17H14ClFN2O3/c1-10(22)21-9-16(24-15-5-3-2-4-14(15)21)17(23)20-11-6-7-13(19)12(18)8-11/h2-8,16H,9H2,1H3,(H,20,23)/t16-/m1/s1. The molecule has 2 aromatic rings. The Labute approximate surface area is 143 Å². The quantitative estimate of drug-likeness (QED) is 0.906. The molecule has 0 spiro atoms. The average Bonchev–Trinajstić information content (AvgIpc) is 2.57. The molecule has 0 aliphatic carbocycles. The first-order valence-electron chi connectivity index (χ1n) is 7.25. The van der Waals surface area contributed by atoms with Gasteiger partial charge >= 0.3 is 0 Å². The fraction of sp³-hybridized carbons (Fsp3) is 0.176. The lowest BCUT2D eigenvalue weighted by molar-refractivity contribution is -0.123. The van der Waals surface area contributed by atoms with E-state index in [1.807, 2.05) is 0 Å². The summed E-state index contributed by atoms with van der Waals surface area (Å²) in [6.45, 7) is 1.52. The van der Waals surface area contributed by atoms with Crippen LogP contribution in [0.1, 0.15) is 6.92 Å². The van der Waals surface area contributed by atoms with Crippen LogP contribution in [-0.4, -0.2) is 24.5 Å². The second-order valence-electron chi connectivity index (χ2n) is 5.32. The minimum atomic E-state index is -0.882. The number of carbonyl (C=O) groups excluding carboxylic acids is 2. The van der Waals surface area contributed by atoms with Crippen LogP contribution in [0.15, 0.2) is 42.5 Å². The smallest absolute Gasteiger partial charge is 0.267 e. The molecule has 7 heteroatoms. The highest BCUT2D eigenvalue weighted by molar-refractivity contribution is 6.31. The summed E-state index contributed by atoms with van der Waals surface area (Å²) in [5, 5.41) is 2.53. The lowest BCUT2D eigenvalue weighted by Crippen LogP contribution is -2.48. The topological polar surface area (TPSA) is 58.6 Å². The highest BCUT2D eigenvalue weighted by Crippen LogP contribution is 2.33. The number of fused-ring (bicyclic) bond motifs is 1. The number of nitrogens with one attached hydrogen (secondary N) is 1. The summed E-state index contributed by atoms with van der Waals surface area (Å²) < 4.78 is 18.9. The van der Waals surface area contributed by atoms with Crippen molar-refractivity contribution in [2.24, 2.45) is 0 Å². The highest BCUT2D eigenvalue weighted by atomic mass is 35.5. The Morgan fingerprint density at radius 2 is 2.04 bits per heavy atom. The third kappa shape index (κ3) is 3.19. The van der Waals surface area contributed by atoms with Gasteiger partial charge in [0, 0.05) is 12.6 Å². The second kappa shape index (κ2) is 6.49. The molecule has 124 valence electrons. The number of halogens is 2. The summed E-state index contributed by atoms with van der Waals surface area (Å²) in [6, 6.07) is 10.9. The van der Waals surface area contributed by atoms with Crippen LogP contribution < -0.4 is 15.0 Å². The molecule has 2 amide bonds. The van der Waals surface area contributed by atoms with Crippen molar-refractivity contribution in [3.8, 4) is 5.75 Å². The van der Waals surface area contributed by atoms with Crippen LogP contribution in [-0.2, 0) is 9.59 Å². The second-order valence-corrected chi connectivity index (χ2v) is 5.73. The van der Waals surface area contributed by atoms with E-state index in [-0.39, 0.29) is 17.5 Å². The Kier molecular flexibility index (Phi) is 4.40. The number of rotatable bonds is 2. The fourth-order valence-electron chi connectivity index (χ4n) is 2.47. The van der Waals surface area contributed by atoms with Crippen LogP contribution in [0.3, 0.4) is 0 Å². The van der Waals surface area contributed by atoms with Crippen molar-refractivity contribution in [3.63, 3.8) is 0 Å². The van der Waals surface area contributed by atoms with Gasteiger partial charge in [0.05, 0.1) is 17.3 Å². The Morgan fingerprint density at radius 3 is 2.75 bits per heavy atom. The molecule has 1 aliphatic rings. The molecule has 0 radical (unpaired) electrons. The minimum Gasteiger partial charge on any atom is -0.476 e. The van der Waals surface area contributed by atoms with Gasteiger partial charge in [-0.15, -0.1) is 0 Å². The predicted octanol–water partition coefficient (Wildman–Crippen LogP) is 3.23. The van der Waals surface area contributed by atoms with Gasteiger partial charge in [0.25, 0.3) is 5.91 Å². The molecule has 1 aliphatic heterocycles. The van der Waals surface area contributed by atoms with E-state index in [1.165, 1.54) is 24.0 Å². The van der Waals surface area contributed by atoms with Crippen LogP contribution in [0.5, 0.6) is 5.75 Å². The third-order valence-corrected chi connectivity index (χ3v) is 3.92. The average molecular weight is 349 g/mol. The van der Waals surface area contributed by atoms with Gasteiger partial charge in [-0.1, -0.05) is 23.7 Å². The van der Waals surface area contributed by atoms with Gasteiger partial charge < -0.3 is 15.0 Å². The van der Waals surface area contributed by atoms with E-state index in [0.29, 0.717) is 17.1 Å². The SMILES string of the molecule is CC(=O)N1C[C@H](C(=O)Nc2ccc(F)c(Cl)c2)Oc2ccccc21. The normalized spacial score (nSPS) is 16.1. The van der Waals surface area contributed by atoms with E-state index < -0.39 is 17.8 Å². The van der Waals surface area contributed by atoms with Crippen LogP contribution >= 0.6 is 11.6 Å². The van der Waals surface area contributed by atoms with Gasteiger partial charge in [-0.3, -0.25) is 9.59 Å². The molecule has 1 atom stereocenters. The summed E-state index contributed by atoms with van der Waals surface area (Å²) in [6.07, 6.45) is -0.882. The molecule has 0 saturated heterocycles. The molecule has 1 N–H and O–H groups in total. The molecule has 24 heavy (non-hydrogen) atoms. The van der Waals surface area contributed by atoms with Crippen LogP contribution in [0.4, 0.5) is 15.8 Å². The van der Waals surface area contributed by atoms with Crippen LogP contribution in [0.25, 0.3) is 0 Å². The molecular weight excluding hydrogens is 335 g/mol. The maximum absolute atomic E-state index is 13.2. The minimum absolute atomic E-state index is 0.0897. The number of carbonyl (C=O) groups is 2. The van der Waals surface area contributed by atoms with E-state index in [9.17, 15) is 14.0 Å². The number of ether oxygens (including phenoxy) is 1.